The molecule has 1 aliphatic heterocycles. The standard InChI is InChI=1S/C17H18O5S/c1-3-20-17(19)13(9-21-14-8-10(2)16(18)22-14)12-5-4-11-6-7-23-15(11)12/h6-9,12,14H,3-5H2,1-2H3/b13-9+. The number of carbonyl (C=O) groups is 2. The smallest absolute Gasteiger partial charge is 0.337 e. The third-order valence-corrected chi connectivity index (χ3v) is 5.02. The van der Waals surface area contributed by atoms with Gasteiger partial charge < -0.3 is 14.2 Å². The van der Waals surface area contributed by atoms with Crippen LogP contribution in [0.4, 0.5) is 0 Å². The number of aryl methyl sites for hydroxylation is 1. The molecule has 0 fully saturated rings. The highest BCUT2D eigenvalue weighted by Crippen LogP contribution is 2.42. The molecule has 1 aromatic rings. The molecule has 1 aromatic heterocycles. The lowest BCUT2D eigenvalue weighted by Gasteiger charge is -2.15. The van der Waals surface area contributed by atoms with Crippen LogP contribution in [0.2, 0.25) is 0 Å². The van der Waals surface area contributed by atoms with Gasteiger partial charge in [0.15, 0.2) is 0 Å². The summed E-state index contributed by atoms with van der Waals surface area (Å²) in [4.78, 5) is 24.9. The van der Waals surface area contributed by atoms with Gasteiger partial charge in [0.2, 0.25) is 0 Å². The molecule has 0 saturated heterocycles. The number of rotatable bonds is 5. The average Bonchev–Trinajstić information content (AvgIpc) is 3.18. The Hall–Kier alpha value is -2.08. The van der Waals surface area contributed by atoms with Crippen LogP contribution in [-0.2, 0) is 30.2 Å². The highest BCUT2D eigenvalue weighted by Gasteiger charge is 2.32. The Morgan fingerprint density at radius 1 is 1.52 bits per heavy atom. The molecule has 5 nitrogen and oxygen atoms in total. The molecule has 0 spiro atoms. The van der Waals surface area contributed by atoms with E-state index in [4.69, 9.17) is 14.2 Å². The van der Waals surface area contributed by atoms with Crippen LogP contribution in [0.5, 0.6) is 0 Å². The van der Waals surface area contributed by atoms with Gasteiger partial charge in [-0.05, 0) is 43.7 Å². The molecule has 0 bridgehead atoms. The van der Waals surface area contributed by atoms with Gasteiger partial charge in [-0.3, -0.25) is 0 Å². The summed E-state index contributed by atoms with van der Waals surface area (Å²) in [5.74, 6) is -0.808. The predicted octanol–water partition coefficient (Wildman–Crippen LogP) is 3.07. The maximum absolute atomic E-state index is 12.3. The zero-order valence-electron chi connectivity index (χ0n) is 13.0. The number of carbonyl (C=O) groups excluding carboxylic acids is 2. The molecule has 2 atom stereocenters. The largest absolute Gasteiger partial charge is 0.463 e. The highest BCUT2D eigenvalue weighted by molar-refractivity contribution is 7.10. The van der Waals surface area contributed by atoms with E-state index in [0.29, 0.717) is 17.8 Å². The first kappa shape index (κ1) is 15.8. The van der Waals surface area contributed by atoms with Gasteiger partial charge in [-0.25, -0.2) is 9.59 Å². The Morgan fingerprint density at radius 2 is 2.35 bits per heavy atom. The molecule has 122 valence electrons. The summed E-state index contributed by atoms with van der Waals surface area (Å²) in [7, 11) is 0. The zero-order valence-corrected chi connectivity index (χ0v) is 13.9. The fourth-order valence-electron chi connectivity index (χ4n) is 2.79. The van der Waals surface area contributed by atoms with Gasteiger partial charge in [0, 0.05) is 22.4 Å². The van der Waals surface area contributed by atoms with Crippen molar-refractivity contribution in [1.82, 2.24) is 0 Å². The Kier molecular flexibility index (Phi) is 4.52. The van der Waals surface area contributed by atoms with Crippen LogP contribution in [0.1, 0.15) is 36.6 Å². The van der Waals surface area contributed by atoms with Crippen molar-refractivity contribution in [2.24, 2.45) is 0 Å². The Bertz CT molecular complexity index is 685. The summed E-state index contributed by atoms with van der Waals surface area (Å²) >= 11 is 1.64. The number of thiophene rings is 1. The second-order valence-electron chi connectivity index (χ2n) is 5.45. The fraction of sp³-hybridized carbons (Fsp3) is 0.412. The molecule has 0 saturated carbocycles. The monoisotopic (exact) mass is 334 g/mol. The van der Waals surface area contributed by atoms with Gasteiger partial charge in [0.25, 0.3) is 6.29 Å². The molecule has 2 heterocycles. The van der Waals surface area contributed by atoms with Crippen molar-refractivity contribution < 1.29 is 23.8 Å². The van der Waals surface area contributed by atoms with Crippen LogP contribution in [0.3, 0.4) is 0 Å². The lowest BCUT2D eigenvalue weighted by Crippen LogP contribution is -2.16. The summed E-state index contributed by atoms with van der Waals surface area (Å²) < 4.78 is 15.7. The van der Waals surface area contributed by atoms with Gasteiger partial charge in [-0.2, -0.15) is 0 Å². The number of esters is 2. The van der Waals surface area contributed by atoms with Gasteiger partial charge in [-0.15, -0.1) is 11.3 Å². The summed E-state index contributed by atoms with van der Waals surface area (Å²) in [6, 6.07) is 2.09. The minimum Gasteiger partial charge on any atom is -0.463 e. The van der Waals surface area contributed by atoms with E-state index in [2.05, 4.69) is 6.07 Å². The van der Waals surface area contributed by atoms with Gasteiger partial charge >= 0.3 is 11.9 Å². The number of hydrogen-bond donors (Lipinski definition) is 0. The molecule has 0 amide bonds. The number of ether oxygens (including phenoxy) is 3. The third-order valence-electron chi connectivity index (χ3n) is 3.95. The molecule has 2 aliphatic rings. The van der Waals surface area contributed by atoms with E-state index < -0.39 is 12.3 Å². The van der Waals surface area contributed by atoms with Crippen LogP contribution in [0, 0.1) is 0 Å². The van der Waals surface area contributed by atoms with Crippen molar-refractivity contribution in [3.63, 3.8) is 0 Å². The quantitative estimate of drug-likeness (QED) is 0.470. The van der Waals surface area contributed by atoms with Crippen LogP contribution in [0.15, 0.2) is 34.9 Å². The van der Waals surface area contributed by atoms with Gasteiger partial charge in [0.1, 0.15) is 0 Å². The normalized spacial score (nSPS) is 23.3. The van der Waals surface area contributed by atoms with Crippen LogP contribution in [0.25, 0.3) is 0 Å². The van der Waals surface area contributed by atoms with Crippen molar-refractivity contribution in [3.05, 3.63) is 45.4 Å². The summed E-state index contributed by atoms with van der Waals surface area (Å²) in [6.07, 6.45) is 4.00. The Balaban J connectivity index is 1.81. The molecule has 0 radical (unpaired) electrons. The lowest BCUT2D eigenvalue weighted by molar-refractivity contribution is -0.152. The minimum atomic E-state index is -0.781. The molecule has 6 heteroatoms. The molecular formula is C17H18O5S. The van der Waals surface area contributed by atoms with Crippen LogP contribution >= 0.6 is 11.3 Å². The first-order chi connectivity index (χ1) is 11.1. The number of cyclic esters (lactones) is 1. The molecule has 2 unspecified atom stereocenters. The zero-order chi connectivity index (χ0) is 16.4. The first-order valence-electron chi connectivity index (χ1n) is 7.58. The number of hydrogen-bond acceptors (Lipinski definition) is 6. The van der Waals surface area contributed by atoms with E-state index in [9.17, 15) is 9.59 Å². The second kappa shape index (κ2) is 6.58. The first-order valence-corrected chi connectivity index (χ1v) is 8.46. The van der Waals surface area contributed by atoms with E-state index in [1.807, 2.05) is 5.38 Å². The van der Waals surface area contributed by atoms with Crippen molar-refractivity contribution in [1.29, 1.82) is 0 Å². The Labute approximate surface area is 138 Å². The fourth-order valence-corrected chi connectivity index (χ4v) is 3.90. The highest BCUT2D eigenvalue weighted by atomic mass is 32.1. The topological polar surface area (TPSA) is 61.8 Å². The molecule has 3 rings (SSSR count). The van der Waals surface area contributed by atoms with E-state index >= 15 is 0 Å². The molecule has 1 aliphatic carbocycles. The summed E-state index contributed by atoms with van der Waals surface area (Å²) in [5.41, 5.74) is 2.25. The number of fused-ring (bicyclic) bond motifs is 1. The minimum absolute atomic E-state index is 0.0220. The van der Waals surface area contributed by atoms with E-state index in [-0.39, 0.29) is 11.9 Å². The van der Waals surface area contributed by atoms with Crippen LogP contribution in [-0.4, -0.2) is 24.8 Å². The van der Waals surface area contributed by atoms with Crippen molar-refractivity contribution in [2.75, 3.05) is 6.61 Å². The predicted molar refractivity (Wildman–Crippen MR) is 84.8 cm³/mol. The average molecular weight is 334 g/mol. The summed E-state index contributed by atoms with van der Waals surface area (Å²) in [6.45, 7) is 3.74. The van der Waals surface area contributed by atoms with E-state index in [0.717, 1.165) is 12.8 Å². The maximum atomic E-state index is 12.3. The lowest BCUT2D eigenvalue weighted by atomic mass is 9.99. The molecule has 0 N–H and O–H groups in total. The van der Waals surface area contributed by atoms with Crippen molar-refractivity contribution in [2.45, 2.75) is 38.9 Å². The molecule has 0 aromatic carbocycles. The van der Waals surface area contributed by atoms with Crippen molar-refractivity contribution in [3.8, 4) is 0 Å². The maximum Gasteiger partial charge on any atom is 0.337 e. The SMILES string of the molecule is CCOC(=O)/C(=C/OC1C=C(C)C(=O)O1)C1CCc2ccsc21. The van der Waals surface area contributed by atoms with Crippen LogP contribution < -0.4 is 0 Å². The second-order valence-corrected chi connectivity index (χ2v) is 6.40. The van der Waals surface area contributed by atoms with E-state index in [1.54, 1.807) is 31.3 Å². The summed E-state index contributed by atoms with van der Waals surface area (Å²) in [5, 5.41) is 2.03. The van der Waals surface area contributed by atoms with Gasteiger partial charge in [-0.1, -0.05) is 0 Å². The Morgan fingerprint density at radius 3 is 3.04 bits per heavy atom. The van der Waals surface area contributed by atoms with Crippen molar-refractivity contribution >= 4 is 23.3 Å². The molecular weight excluding hydrogens is 316 g/mol. The van der Waals surface area contributed by atoms with Gasteiger partial charge in [0.05, 0.1) is 18.4 Å². The third kappa shape index (κ3) is 3.17. The molecule has 23 heavy (non-hydrogen) atoms. The van der Waals surface area contributed by atoms with E-state index in [1.165, 1.54) is 16.7 Å².